The Labute approximate surface area is 108 Å². The number of hydrogen-bond donors (Lipinski definition) is 1. The van der Waals surface area contributed by atoms with Gasteiger partial charge in [-0.15, -0.1) is 0 Å². The molecule has 0 radical (unpaired) electrons. The topological polar surface area (TPSA) is 45.8 Å². The molecule has 0 amide bonds. The largest absolute Gasteiger partial charge is 0.360 e. The molecule has 0 spiro atoms. The van der Waals surface area contributed by atoms with E-state index in [1.807, 2.05) is 6.07 Å². The quantitative estimate of drug-likeness (QED) is 0.714. The van der Waals surface area contributed by atoms with Gasteiger partial charge in [0, 0.05) is 40.6 Å². The number of pyridine rings is 1. The van der Waals surface area contributed by atoms with Crippen molar-refractivity contribution < 1.29 is 4.79 Å². The molecule has 0 saturated heterocycles. The first-order valence-electron chi connectivity index (χ1n) is 5.47. The van der Waals surface area contributed by atoms with Crippen molar-refractivity contribution in [3.63, 3.8) is 0 Å². The summed E-state index contributed by atoms with van der Waals surface area (Å²) < 4.78 is 0. The van der Waals surface area contributed by atoms with E-state index in [4.69, 9.17) is 11.6 Å². The summed E-state index contributed by atoms with van der Waals surface area (Å²) in [5.74, 6) is -0.0974. The summed E-state index contributed by atoms with van der Waals surface area (Å²) in [6.07, 6.45) is 5.05. The molecule has 3 rings (SSSR count). The maximum Gasteiger partial charge on any atom is 0.196 e. The van der Waals surface area contributed by atoms with Crippen LogP contribution >= 0.6 is 11.6 Å². The highest BCUT2D eigenvalue weighted by Gasteiger charge is 2.16. The molecule has 1 aromatic carbocycles. The van der Waals surface area contributed by atoms with Crippen LogP contribution in [-0.2, 0) is 0 Å². The van der Waals surface area contributed by atoms with Crippen molar-refractivity contribution in [2.24, 2.45) is 0 Å². The van der Waals surface area contributed by atoms with Crippen LogP contribution in [-0.4, -0.2) is 15.8 Å². The molecular formula is C14H9ClN2O. The minimum atomic E-state index is -0.0974. The van der Waals surface area contributed by atoms with Gasteiger partial charge in [0.05, 0.1) is 5.02 Å². The fourth-order valence-electron chi connectivity index (χ4n) is 1.94. The Morgan fingerprint density at radius 1 is 1.17 bits per heavy atom. The van der Waals surface area contributed by atoms with Gasteiger partial charge in [0.15, 0.2) is 5.78 Å². The summed E-state index contributed by atoms with van der Waals surface area (Å²) in [7, 11) is 0. The van der Waals surface area contributed by atoms with E-state index in [9.17, 15) is 4.79 Å². The van der Waals surface area contributed by atoms with Crippen LogP contribution in [0.15, 0.2) is 48.9 Å². The second-order valence-electron chi connectivity index (χ2n) is 3.93. The summed E-state index contributed by atoms with van der Waals surface area (Å²) in [6, 6.07) is 8.86. The molecule has 88 valence electrons. The number of ketones is 1. The monoisotopic (exact) mass is 256 g/mol. The fourth-order valence-corrected chi connectivity index (χ4v) is 2.16. The third-order valence-corrected chi connectivity index (χ3v) is 3.18. The van der Waals surface area contributed by atoms with E-state index in [2.05, 4.69) is 9.97 Å². The average molecular weight is 257 g/mol. The van der Waals surface area contributed by atoms with Gasteiger partial charge in [-0.1, -0.05) is 23.7 Å². The molecule has 4 heteroatoms. The Bertz CT molecular complexity index is 733. The van der Waals surface area contributed by atoms with Gasteiger partial charge < -0.3 is 4.98 Å². The van der Waals surface area contributed by atoms with Crippen molar-refractivity contribution in [3.05, 3.63) is 65.1 Å². The standard InChI is InChI=1S/C14H9ClN2O/c15-12-4-2-1-3-9(12)14(18)11-8-17-13-5-6-16-7-10(11)13/h1-8,17H. The first-order chi connectivity index (χ1) is 8.77. The highest BCUT2D eigenvalue weighted by molar-refractivity contribution is 6.35. The van der Waals surface area contributed by atoms with Gasteiger partial charge in [-0.3, -0.25) is 9.78 Å². The summed E-state index contributed by atoms with van der Waals surface area (Å²) >= 11 is 6.04. The molecule has 0 aliphatic heterocycles. The zero-order chi connectivity index (χ0) is 12.5. The third kappa shape index (κ3) is 1.69. The summed E-state index contributed by atoms with van der Waals surface area (Å²) in [5, 5.41) is 1.27. The molecule has 2 heterocycles. The summed E-state index contributed by atoms with van der Waals surface area (Å²) in [5.41, 5.74) is 1.98. The van der Waals surface area contributed by atoms with E-state index in [0.29, 0.717) is 16.1 Å². The first-order valence-corrected chi connectivity index (χ1v) is 5.85. The van der Waals surface area contributed by atoms with Crippen molar-refractivity contribution >= 4 is 28.3 Å². The predicted octanol–water partition coefficient (Wildman–Crippen LogP) is 3.45. The molecule has 18 heavy (non-hydrogen) atoms. The number of aromatic nitrogens is 2. The number of H-pyrrole nitrogens is 1. The van der Waals surface area contributed by atoms with Crippen LogP contribution in [0.2, 0.25) is 5.02 Å². The smallest absolute Gasteiger partial charge is 0.196 e. The molecule has 0 atom stereocenters. The Kier molecular flexibility index (Phi) is 2.61. The number of rotatable bonds is 2. The van der Waals surface area contributed by atoms with Crippen LogP contribution in [0.25, 0.3) is 10.9 Å². The summed E-state index contributed by atoms with van der Waals surface area (Å²) in [4.78, 5) is 19.5. The molecule has 0 aliphatic rings. The third-order valence-electron chi connectivity index (χ3n) is 2.85. The molecule has 0 fully saturated rings. The minimum absolute atomic E-state index is 0.0974. The number of fused-ring (bicyclic) bond motifs is 1. The molecule has 0 aliphatic carbocycles. The van der Waals surface area contributed by atoms with Gasteiger partial charge in [0.2, 0.25) is 0 Å². The lowest BCUT2D eigenvalue weighted by molar-refractivity contribution is 0.104. The van der Waals surface area contributed by atoms with Crippen LogP contribution in [0, 0.1) is 0 Å². The molecular weight excluding hydrogens is 248 g/mol. The van der Waals surface area contributed by atoms with E-state index in [0.717, 1.165) is 10.9 Å². The fraction of sp³-hybridized carbons (Fsp3) is 0. The number of halogens is 1. The Balaban J connectivity index is 2.16. The highest BCUT2D eigenvalue weighted by Crippen LogP contribution is 2.23. The van der Waals surface area contributed by atoms with Crippen LogP contribution < -0.4 is 0 Å². The van der Waals surface area contributed by atoms with Gasteiger partial charge in [-0.25, -0.2) is 0 Å². The summed E-state index contributed by atoms with van der Waals surface area (Å²) in [6.45, 7) is 0. The van der Waals surface area contributed by atoms with E-state index in [1.54, 1.807) is 42.9 Å². The van der Waals surface area contributed by atoms with Gasteiger partial charge in [0.25, 0.3) is 0 Å². The van der Waals surface area contributed by atoms with Crippen LogP contribution in [0.4, 0.5) is 0 Å². The lowest BCUT2D eigenvalue weighted by Gasteiger charge is -2.01. The molecule has 0 unspecified atom stereocenters. The second kappa shape index (κ2) is 4.27. The van der Waals surface area contributed by atoms with Crippen molar-refractivity contribution in [1.29, 1.82) is 0 Å². The predicted molar refractivity (Wildman–Crippen MR) is 71.0 cm³/mol. The van der Waals surface area contributed by atoms with Gasteiger partial charge in [-0.05, 0) is 18.2 Å². The number of carbonyl (C=O) groups is 1. The minimum Gasteiger partial charge on any atom is -0.360 e. The number of hydrogen-bond acceptors (Lipinski definition) is 2. The van der Waals surface area contributed by atoms with Gasteiger partial charge in [0.1, 0.15) is 0 Å². The zero-order valence-corrected chi connectivity index (χ0v) is 10.1. The molecule has 3 aromatic rings. The number of nitrogens with one attached hydrogen (secondary N) is 1. The SMILES string of the molecule is O=C(c1ccccc1Cl)c1c[nH]c2ccncc12. The molecule has 2 aromatic heterocycles. The lowest BCUT2D eigenvalue weighted by atomic mass is 10.0. The van der Waals surface area contributed by atoms with E-state index >= 15 is 0 Å². The van der Waals surface area contributed by atoms with Crippen molar-refractivity contribution in [3.8, 4) is 0 Å². The lowest BCUT2D eigenvalue weighted by Crippen LogP contribution is -2.01. The van der Waals surface area contributed by atoms with E-state index < -0.39 is 0 Å². The number of carbonyl (C=O) groups excluding carboxylic acids is 1. The van der Waals surface area contributed by atoms with Crippen LogP contribution in [0.1, 0.15) is 15.9 Å². The molecule has 3 nitrogen and oxygen atoms in total. The van der Waals surface area contributed by atoms with Crippen molar-refractivity contribution in [2.45, 2.75) is 0 Å². The first kappa shape index (κ1) is 11.0. The molecule has 0 saturated carbocycles. The highest BCUT2D eigenvalue weighted by atomic mass is 35.5. The number of benzene rings is 1. The molecule has 1 N–H and O–H groups in total. The maximum atomic E-state index is 12.4. The van der Waals surface area contributed by atoms with Gasteiger partial charge in [-0.2, -0.15) is 0 Å². The Hall–Kier alpha value is -2.13. The van der Waals surface area contributed by atoms with Crippen LogP contribution in [0.5, 0.6) is 0 Å². The van der Waals surface area contributed by atoms with Gasteiger partial charge >= 0.3 is 0 Å². The maximum absolute atomic E-state index is 12.4. The Morgan fingerprint density at radius 2 is 2.00 bits per heavy atom. The number of aromatic amines is 1. The van der Waals surface area contributed by atoms with Crippen molar-refractivity contribution in [2.75, 3.05) is 0 Å². The normalized spacial score (nSPS) is 10.7. The van der Waals surface area contributed by atoms with Crippen LogP contribution in [0.3, 0.4) is 0 Å². The molecule has 0 bridgehead atoms. The zero-order valence-electron chi connectivity index (χ0n) is 9.35. The van der Waals surface area contributed by atoms with E-state index in [1.165, 1.54) is 0 Å². The van der Waals surface area contributed by atoms with E-state index in [-0.39, 0.29) is 5.78 Å². The second-order valence-corrected chi connectivity index (χ2v) is 4.34. The number of nitrogens with zero attached hydrogens (tertiary/aromatic N) is 1. The average Bonchev–Trinajstić information content (AvgIpc) is 2.82. The Morgan fingerprint density at radius 3 is 2.83 bits per heavy atom. The van der Waals surface area contributed by atoms with Crippen molar-refractivity contribution in [1.82, 2.24) is 9.97 Å².